The highest BCUT2D eigenvalue weighted by Gasteiger charge is 2.72. The van der Waals surface area contributed by atoms with Crippen LogP contribution >= 0.6 is 0 Å². The first-order valence-electron chi connectivity index (χ1n) is 9.82. The van der Waals surface area contributed by atoms with Gasteiger partial charge in [-0.25, -0.2) is 4.98 Å². The van der Waals surface area contributed by atoms with Crippen LogP contribution in [0.5, 0.6) is 0 Å². The Labute approximate surface area is 173 Å². The van der Waals surface area contributed by atoms with Crippen LogP contribution in [0.1, 0.15) is 31.5 Å². The minimum atomic E-state index is -1.98. The molecule has 3 aliphatic heterocycles. The Hall–Kier alpha value is -3.39. The zero-order valence-corrected chi connectivity index (χ0v) is 16.8. The number of imidazole rings is 1. The molecular formula is C22H23N5O3. The molecule has 5 rings (SSSR count). The van der Waals surface area contributed by atoms with Crippen molar-refractivity contribution in [2.45, 2.75) is 37.6 Å². The Morgan fingerprint density at radius 3 is 2.80 bits per heavy atom. The maximum absolute atomic E-state index is 13.5. The Morgan fingerprint density at radius 2 is 2.10 bits per heavy atom. The van der Waals surface area contributed by atoms with Crippen LogP contribution in [-0.2, 0) is 15.0 Å². The number of rotatable bonds is 3. The molecule has 2 fully saturated rings. The molecule has 154 valence electrons. The van der Waals surface area contributed by atoms with Crippen LogP contribution in [0, 0.1) is 5.41 Å². The molecule has 0 aliphatic carbocycles. The number of amides is 2. The fraction of sp³-hybridized carbons (Fsp3) is 0.318. The number of aromatic amines is 1. The molecule has 2 amide bonds. The van der Waals surface area contributed by atoms with E-state index >= 15 is 0 Å². The second kappa shape index (κ2) is 5.82. The van der Waals surface area contributed by atoms with Gasteiger partial charge in [0.2, 0.25) is 5.72 Å². The first-order valence-corrected chi connectivity index (χ1v) is 9.82. The molecule has 0 unspecified atom stereocenters. The van der Waals surface area contributed by atoms with Crippen LogP contribution in [0.4, 0.5) is 5.69 Å². The number of aliphatic hydroxyl groups is 1. The third-order valence-corrected chi connectivity index (χ3v) is 6.89. The van der Waals surface area contributed by atoms with Gasteiger partial charge in [-0.1, -0.05) is 38.1 Å². The molecule has 8 nitrogen and oxygen atoms in total. The highest BCUT2D eigenvalue weighted by atomic mass is 16.3. The van der Waals surface area contributed by atoms with E-state index in [4.69, 9.17) is 0 Å². The van der Waals surface area contributed by atoms with Gasteiger partial charge < -0.3 is 20.7 Å². The van der Waals surface area contributed by atoms with Crippen LogP contribution in [0.2, 0.25) is 0 Å². The van der Waals surface area contributed by atoms with Crippen molar-refractivity contribution in [3.63, 3.8) is 0 Å². The number of carbonyl (C=O) groups excluding carboxylic acids is 2. The van der Waals surface area contributed by atoms with Crippen molar-refractivity contribution < 1.29 is 14.7 Å². The summed E-state index contributed by atoms with van der Waals surface area (Å²) in [5.74, 6) is -1.08. The van der Waals surface area contributed by atoms with Gasteiger partial charge in [0.15, 0.2) is 0 Å². The number of aromatic nitrogens is 2. The monoisotopic (exact) mass is 405 g/mol. The molecule has 8 heteroatoms. The second-order valence-corrected chi connectivity index (χ2v) is 8.68. The van der Waals surface area contributed by atoms with Crippen molar-refractivity contribution in [1.82, 2.24) is 20.2 Å². The van der Waals surface area contributed by atoms with Crippen molar-refractivity contribution >= 4 is 23.6 Å². The van der Waals surface area contributed by atoms with E-state index in [9.17, 15) is 14.7 Å². The molecular weight excluding hydrogens is 382 g/mol. The summed E-state index contributed by atoms with van der Waals surface area (Å²) in [5.41, 5.74) is -0.745. The van der Waals surface area contributed by atoms with E-state index in [-0.39, 0.29) is 12.1 Å². The van der Waals surface area contributed by atoms with Crippen molar-refractivity contribution in [3.8, 4) is 0 Å². The molecule has 4 heterocycles. The first kappa shape index (κ1) is 18.6. The fourth-order valence-corrected chi connectivity index (χ4v) is 5.17. The predicted molar refractivity (Wildman–Crippen MR) is 111 cm³/mol. The number of para-hydroxylation sites is 1. The molecule has 2 aromatic rings. The number of carbonyl (C=O) groups is 2. The lowest BCUT2D eigenvalue weighted by Gasteiger charge is -2.43. The van der Waals surface area contributed by atoms with E-state index in [1.807, 2.05) is 44.2 Å². The van der Waals surface area contributed by atoms with Crippen LogP contribution < -0.4 is 10.6 Å². The smallest absolute Gasteiger partial charge is 0.278 e. The molecule has 1 aromatic heterocycles. The Morgan fingerprint density at radius 1 is 1.33 bits per heavy atom. The highest BCUT2D eigenvalue weighted by molar-refractivity contribution is 6.09. The van der Waals surface area contributed by atoms with Gasteiger partial charge in [-0.15, -0.1) is 6.58 Å². The Bertz CT molecular complexity index is 1110. The number of piperazine rings is 1. The third-order valence-electron chi connectivity index (χ3n) is 6.89. The lowest BCUT2D eigenvalue weighted by atomic mass is 9.60. The number of hydrogen-bond donors (Lipinski definition) is 4. The topological polar surface area (TPSA) is 110 Å². The summed E-state index contributed by atoms with van der Waals surface area (Å²) >= 11 is 0. The number of benzene rings is 1. The molecule has 0 radical (unpaired) electrons. The average Bonchev–Trinajstić information content (AvgIpc) is 3.39. The van der Waals surface area contributed by atoms with E-state index < -0.39 is 34.5 Å². The number of hydrogen-bond acceptors (Lipinski definition) is 5. The maximum Gasteiger partial charge on any atom is 0.278 e. The van der Waals surface area contributed by atoms with Gasteiger partial charge in [0, 0.05) is 17.5 Å². The number of nitrogens with zero attached hydrogens (tertiary/aromatic N) is 2. The van der Waals surface area contributed by atoms with Gasteiger partial charge in [0.1, 0.15) is 11.9 Å². The summed E-state index contributed by atoms with van der Waals surface area (Å²) in [4.78, 5) is 34.7. The van der Waals surface area contributed by atoms with E-state index in [1.165, 1.54) is 17.3 Å². The van der Waals surface area contributed by atoms with E-state index in [1.54, 1.807) is 6.20 Å². The zero-order chi connectivity index (χ0) is 21.3. The summed E-state index contributed by atoms with van der Waals surface area (Å²) in [6.07, 6.45) is 5.83. The Kier molecular flexibility index (Phi) is 3.62. The van der Waals surface area contributed by atoms with Crippen LogP contribution in [0.3, 0.4) is 0 Å². The average molecular weight is 405 g/mol. The minimum absolute atomic E-state index is 0.0581. The standard InChI is InChI=1S/C22H23N5O3/c1-4-20(2,3)21-11-22(30)19(29)26-16(9-13-10-23-12-24-13)17(28)27(22)18(21)25-15-8-6-5-7-14(15)21/h4-10,12,18,25,30H,1,11H2,2-3H3,(H,23,24)(H,26,29)/t18-,21+,22+/m0/s1. The SMILES string of the molecule is C=CC(C)(C)[C@@]12C[C@@]3(O)C(=O)NC(=Cc4cnc[nH]4)C(=O)N3[C@@H]1Nc1ccccc12. The summed E-state index contributed by atoms with van der Waals surface area (Å²) in [7, 11) is 0. The van der Waals surface area contributed by atoms with Gasteiger partial charge in [-0.05, 0) is 23.1 Å². The number of H-pyrrole nitrogens is 1. The van der Waals surface area contributed by atoms with Crippen LogP contribution in [-0.4, -0.2) is 43.7 Å². The van der Waals surface area contributed by atoms with Gasteiger partial charge in [-0.2, -0.15) is 0 Å². The highest BCUT2D eigenvalue weighted by Crippen LogP contribution is 2.62. The number of nitrogens with one attached hydrogen (secondary N) is 3. The largest absolute Gasteiger partial charge is 0.364 e. The van der Waals surface area contributed by atoms with Crippen LogP contribution in [0.25, 0.3) is 6.08 Å². The third kappa shape index (κ3) is 2.11. The van der Waals surface area contributed by atoms with E-state index in [0.29, 0.717) is 5.69 Å². The number of fused-ring (bicyclic) bond motifs is 5. The molecule has 30 heavy (non-hydrogen) atoms. The van der Waals surface area contributed by atoms with Gasteiger partial charge >= 0.3 is 0 Å². The molecule has 0 bridgehead atoms. The van der Waals surface area contributed by atoms with E-state index in [0.717, 1.165) is 11.3 Å². The van der Waals surface area contributed by atoms with Gasteiger partial charge in [0.05, 0.1) is 18.2 Å². The lowest BCUT2D eigenvalue weighted by molar-refractivity contribution is -0.173. The summed E-state index contributed by atoms with van der Waals surface area (Å²) in [6.45, 7) is 8.04. The van der Waals surface area contributed by atoms with Gasteiger partial charge in [0.25, 0.3) is 11.8 Å². The maximum atomic E-state index is 13.5. The molecule has 0 spiro atoms. The lowest BCUT2D eigenvalue weighted by Crippen LogP contribution is -2.66. The second-order valence-electron chi connectivity index (χ2n) is 8.68. The summed E-state index contributed by atoms with van der Waals surface area (Å²) in [6, 6.07) is 7.78. The zero-order valence-electron chi connectivity index (χ0n) is 16.8. The van der Waals surface area contributed by atoms with Crippen molar-refractivity contribution in [2.75, 3.05) is 5.32 Å². The van der Waals surface area contributed by atoms with Gasteiger partial charge in [-0.3, -0.25) is 14.5 Å². The quantitative estimate of drug-likeness (QED) is 0.459. The molecule has 3 aliphatic rings. The normalized spacial score (nSPS) is 31.1. The van der Waals surface area contributed by atoms with Crippen LogP contribution in [0.15, 0.2) is 55.1 Å². The molecule has 1 aromatic carbocycles. The summed E-state index contributed by atoms with van der Waals surface area (Å²) in [5, 5.41) is 17.5. The predicted octanol–water partition coefficient (Wildman–Crippen LogP) is 1.70. The molecule has 0 saturated carbocycles. The Balaban J connectivity index is 1.70. The number of allylic oxidation sites excluding steroid dienone is 1. The van der Waals surface area contributed by atoms with Crippen molar-refractivity contribution in [1.29, 1.82) is 0 Å². The van der Waals surface area contributed by atoms with Crippen molar-refractivity contribution in [2.24, 2.45) is 5.41 Å². The summed E-state index contributed by atoms with van der Waals surface area (Å²) < 4.78 is 0. The van der Waals surface area contributed by atoms with E-state index in [2.05, 4.69) is 27.2 Å². The fourth-order valence-electron chi connectivity index (χ4n) is 5.17. The van der Waals surface area contributed by atoms with Crippen molar-refractivity contribution in [3.05, 3.63) is 66.4 Å². The minimum Gasteiger partial charge on any atom is -0.364 e. The number of anilines is 1. The molecule has 4 N–H and O–H groups in total. The molecule has 3 atom stereocenters. The first-order chi connectivity index (χ1) is 14.2. The molecule has 2 saturated heterocycles.